The summed E-state index contributed by atoms with van der Waals surface area (Å²) in [4.78, 5) is 4.21. The molecule has 0 spiro atoms. The first-order valence-electron chi connectivity index (χ1n) is 5.41. The maximum absolute atomic E-state index is 8.85. The average molecular weight is 226 g/mol. The Balaban J connectivity index is 2.02. The van der Waals surface area contributed by atoms with Crippen molar-refractivity contribution in [2.75, 3.05) is 5.32 Å². The van der Waals surface area contributed by atoms with E-state index in [1.165, 1.54) is 0 Å². The quantitative estimate of drug-likeness (QED) is 0.873. The molecule has 17 heavy (non-hydrogen) atoms. The highest BCUT2D eigenvalue weighted by molar-refractivity contribution is 5.42. The number of nitrogens with one attached hydrogen (secondary N) is 1. The lowest BCUT2D eigenvalue weighted by atomic mass is 10.3. The topological polar surface area (TPSA) is 53.6 Å². The molecule has 0 fully saturated rings. The van der Waals surface area contributed by atoms with Gasteiger partial charge in [0.2, 0.25) is 0 Å². The predicted octanol–water partition coefficient (Wildman–Crippen LogP) is 2.21. The number of rotatable bonds is 3. The van der Waals surface area contributed by atoms with Gasteiger partial charge in [0.15, 0.2) is 0 Å². The Morgan fingerprint density at radius 2 is 2.29 bits per heavy atom. The molecule has 2 rings (SSSR count). The molecular formula is C13H14N4. The van der Waals surface area contributed by atoms with Gasteiger partial charge in [0.05, 0.1) is 11.9 Å². The number of nitriles is 1. The largest absolute Gasteiger partial charge is 0.380 e. The van der Waals surface area contributed by atoms with Gasteiger partial charge in [-0.15, -0.1) is 0 Å². The summed E-state index contributed by atoms with van der Waals surface area (Å²) in [5.41, 5.74) is 3.74. The molecule has 0 aliphatic carbocycles. The maximum atomic E-state index is 8.85. The van der Waals surface area contributed by atoms with Crippen LogP contribution in [0.2, 0.25) is 0 Å². The molecule has 0 aromatic carbocycles. The van der Waals surface area contributed by atoms with Crippen molar-refractivity contribution in [3.8, 4) is 6.07 Å². The van der Waals surface area contributed by atoms with E-state index in [4.69, 9.17) is 5.26 Å². The van der Waals surface area contributed by atoms with Gasteiger partial charge in [-0.2, -0.15) is 5.26 Å². The van der Waals surface area contributed by atoms with Crippen molar-refractivity contribution in [2.45, 2.75) is 13.5 Å². The van der Waals surface area contributed by atoms with E-state index >= 15 is 0 Å². The van der Waals surface area contributed by atoms with Crippen LogP contribution in [0.25, 0.3) is 0 Å². The Morgan fingerprint density at radius 1 is 1.47 bits per heavy atom. The van der Waals surface area contributed by atoms with E-state index in [0.29, 0.717) is 12.2 Å². The molecule has 0 radical (unpaired) electrons. The zero-order valence-corrected chi connectivity index (χ0v) is 9.94. The SMILES string of the molecule is Cc1ccc(NCc2cc(C#N)n(C)c2)cn1. The Labute approximate surface area is 101 Å². The Morgan fingerprint density at radius 3 is 2.88 bits per heavy atom. The first kappa shape index (κ1) is 11.2. The van der Waals surface area contributed by atoms with Crippen LogP contribution in [0, 0.1) is 18.3 Å². The summed E-state index contributed by atoms with van der Waals surface area (Å²) >= 11 is 0. The fraction of sp³-hybridized carbons (Fsp3) is 0.231. The van der Waals surface area contributed by atoms with Gasteiger partial charge in [-0.3, -0.25) is 4.98 Å². The molecule has 2 aromatic rings. The third-order valence-corrected chi connectivity index (χ3v) is 2.58. The molecule has 0 saturated carbocycles. The summed E-state index contributed by atoms with van der Waals surface area (Å²) in [6, 6.07) is 7.99. The molecule has 0 unspecified atom stereocenters. The van der Waals surface area contributed by atoms with Crippen LogP contribution in [-0.2, 0) is 13.6 Å². The second kappa shape index (κ2) is 4.71. The Bertz CT molecular complexity index is 546. The van der Waals surface area contributed by atoms with Crippen LogP contribution in [0.5, 0.6) is 0 Å². The van der Waals surface area contributed by atoms with E-state index in [2.05, 4.69) is 16.4 Å². The highest BCUT2D eigenvalue weighted by Gasteiger charge is 2.01. The molecule has 1 N–H and O–H groups in total. The fourth-order valence-electron chi connectivity index (χ4n) is 1.62. The predicted molar refractivity (Wildman–Crippen MR) is 66.4 cm³/mol. The summed E-state index contributed by atoms with van der Waals surface area (Å²) in [6.07, 6.45) is 3.76. The van der Waals surface area contributed by atoms with Crippen molar-refractivity contribution >= 4 is 5.69 Å². The molecule has 2 heterocycles. The summed E-state index contributed by atoms with van der Waals surface area (Å²) in [5, 5.41) is 12.1. The normalized spacial score (nSPS) is 9.94. The average Bonchev–Trinajstić information content (AvgIpc) is 2.69. The van der Waals surface area contributed by atoms with E-state index in [9.17, 15) is 0 Å². The number of anilines is 1. The van der Waals surface area contributed by atoms with Crippen LogP contribution in [0.3, 0.4) is 0 Å². The first-order chi connectivity index (χ1) is 8.19. The van der Waals surface area contributed by atoms with Crippen molar-refractivity contribution in [1.29, 1.82) is 5.26 Å². The van der Waals surface area contributed by atoms with Gasteiger partial charge in [-0.1, -0.05) is 0 Å². The number of pyridine rings is 1. The van der Waals surface area contributed by atoms with E-state index in [-0.39, 0.29) is 0 Å². The molecule has 4 heteroatoms. The van der Waals surface area contributed by atoms with Gasteiger partial charge in [-0.05, 0) is 30.7 Å². The molecule has 2 aromatic heterocycles. The maximum Gasteiger partial charge on any atom is 0.120 e. The van der Waals surface area contributed by atoms with Crippen LogP contribution in [0.1, 0.15) is 17.0 Å². The van der Waals surface area contributed by atoms with E-state index in [0.717, 1.165) is 16.9 Å². The number of hydrogen-bond donors (Lipinski definition) is 1. The smallest absolute Gasteiger partial charge is 0.120 e. The zero-order valence-electron chi connectivity index (χ0n) is 9.94. The van der Waals surface area contributed by atoms with Gasteiger partial charge in [0.25, 0.3) is 0 Å². The van der Waals surface area contributed by atoms with E-state index < -0.39 is 0 Å². The van der Waals surface area contributed by atoms with Crippen LogP contribution in [-0.4, -0.2) is 9.55 Å². The van der Waals surface area contributed by atoms with Crippen LogP contribution < -0.4 is 5.32 Å². The monoisotopic (exact) mass is 226 g/mol. The molecule has 0 amide bonds. The summed E-state index contributed by atoms with van der Waals surface area (Å²) in [5.74, 6) is 0. The van der Waals surface area contributed by atoms with Crippen molar-refractivity contribution < 1.29 is 0 Å². The van der Waals surface area contributed by atoms with Gasteiger partial charge in [0.1, 0.15) is 11.8 Å². The lowest BCUT2D eigenvalue weighted by Crippen LogP contribution is -1.98. The van der Waals surface area contributed by atoms with Gasteiger partial charge in [0, 0.05) is 25.5 Å². The van der Waals surface area contributed by atoms with Crippen molar-refractivity contribution in [1.82, 2.24) is 9.55 Å². The first-order valence-corrected chi connectivity index (χ1v) is 5.41. The van der Waals surface area contributed by atoms with E-state index in [1.54, 1.807) is 0 Å². The summed E-state index contributed by atoms with van der Waals surface area (Å²) < 4.78 is 1.82. The van der Waals surface area contributed by atoms with Crippen molar-refractivity contribution in [3.05, 3.63) is 47.5 Å². The number of nitrogens with zero attached hydrogens (tertiary/aromatic N) is 3. The molecule has 0 bridgehead atoms. The van der Waals surface area contributed by atoms with Crippen molar-refractivity contribution in [3.63, 3.8) is 0 Å². The molecule has 4 nitrogen and oxygen atoms in total. The third-order valence-electron chi connectivity index (χ3n) is 2.58. The molecule has 86 valence electrons. The second-order valence-electron chi connectivity index (χ2n) is 4.00. The lowest BCUT2D eigenvalue weighted by Gasteiger charge is -2.04. The molecule has 0 saturated heterocycles. The lowest BCUT2D eigenvalue weighted by molar-refractivity contribution is 0.902. The van der Waals surface area contributed by atoms with Crippen LogP contribution >= 0.6 is 0 Å². The number of hydrogen-bond acceptors (Lipinski definition) is 3. The summed E-state index contributed by atoms with van der Waals surface area (Å²) in [6.45, 7) is 2.65. The van der Waals surface area contributed by atoms with Gasteiger partial charge < -0.3 is 9.88 Å². The molecule has 0 aliphatic rings. The zero-order chi connectivity index (χ0) is 12.3. The minimum Gasteiger partial charge on any atom is -0.380 e. The molecule has 0 atom stereocenters. The number of aryl methyl sites for hydroxylation is 2. The van der Waals surface area contributed by atoms with Crippen molar-refractivity contribution in [2.24, 2.45) is 7.05 Å². The molecule has 0 aliphatic heterocycles. The standard InChI is InChI=1S/C13H14N4/c1-10-3-4-12(8-15-10)16-7-11-5-13(6-14)17(2)9-11/h3-5,8-9,16H,7H2,1-2H3. The number of aromatic nitrogens is 2. The Hall–Kier alpha value is -2.28. The van der Waals surface area contributed by atoms with Crippen LogP contribution in [0.15, 0.2) is 30.6 Å². The van der Waals surface area contributed by atoms with Gasteiger partial charge in [-0.25, -0.2) is 0 Å². The second-order valence-corrected chi connectivity index (χ2v) is 4.00. The highest BCUT2D eigenvalue weighted by Crippen LogP contribution is 2.10. The highest BCUT2D eigenvalue weighted by atomic mass is 14.9. The van der Waals surface area contributed by atoms with Crippen LogP contribution in [0.4, 0.5) is 5.69 Å². The minimum atomic E-state index is 0.670. The van der Waals surface area contributed by atoms with E-state index in [1.807, 2.05) is 49.1 Å². The van der Waals surface area contributed by atoms with Gasteiger partial charge >= 0.3 is 0 Å². The minimum absolute atomic E-state index is 0.670. The summed E-state index contributed by atoms with van der Waals surface area (Å²) in [7, 11) is 1.87. The fourth-order valence-corrected chi connectivity index (χ4v) is 1.62. The molecular weight excluding hydrogens is 212 g/mol. The third kappa shape index (κ3) is 2.64. The Kier molecular flexibility index (Phi) is 3.10.